The molecule has 0 saturated heterocycles. The maximum absolute atomic E-state index is 9.74. The molecule has 0 unspecified atom stereocenters. The second-order valence-electron chi connectivity index (χ2n) is 5.11. The quantitative estimate of drug-likeness (QED) is 0.688. The van der Waals surface area contributed by atoms with Gasteiger partial charge in [-0.05, 0) is 42.6 Å². The Morgan fingerprint density at radius 2 is 1.81 bits per heavy atom. The van der Waals surface area contributed by atoms with E-state index in [1.807, 2.05) is 13.1 Å². The lowest BCUT2D eigenvalue weighted by Gasteiger charge is -2.21. The van der Waals surface area contributed by atoms with Crippen LogP contribution in [0.3, 0.4) is 0 Å². The third-order valence-electron chi connectivity index (χ3n) is 2.68. The Morgan fingerprint density at radius 3 is 2.31 bits per heavy atom. The number of phenols is 2. The molecule has 3 N–H and O–H groups in total. The van der Waals surface area contributed by atoms with E-state index in [2.05, 4.69) is 26.1 Å². The van der Waals surface area contributed by atoms with Crippen LogP contribution in [0.1, 0.15) is 31.9 Å². The lowest BCUT2D eigenvalue weighted by Crippen LogP contribution is -2.14. The second-order valence-corrected chi connectivity index (χ2v) is 5.11. The van der Waals surface area contributed by atoms with Crippen molar-refractivity contribution in [2.75, 3.05) is 13.6 Å². The number of likely N-dealkylation sites (N-methyl/N-ethyl adjacent to an activating group) is 1. The lowest BCUT2D eigenvalue weighted by molar-refractivity contribution is 0.396. The average molecular weight is 223 g/mol. The first-order valence-electron chi connectivity index (χ1n) is 5.56. The number of hydrogen-bond donors (Lipinski definition) is 3. The number of benzene rings is 1. The number of rotatable bonds is 3. The summed E-state index contributed by atoms with van der Waals surface area (Å²) in [5.41, 5.74) is 1.80. The summed E-state index contributed by atoms with van der Waals surface area (Å²) in [6.45, 7) is 7.03. The van der Waals surface area contributed by atoms with E-state index >= 15 is 0 Å². The molecular weight excluding hydrogens is 202 g/mol. The van der Waals surface area contributed by atoms with E-state index in [4.69, 9.17) is 0 Å². The first-order valence-corrected chi connectivity index (χ1v) is 5.56. The van der Waals surface area contributed by atoms with Crippen LogP contribution in [-0.2, 0) is 11.8 Å². The minimum Gasteiger partial charge on any atom is -0.504 e. The van der Waals surface area contributed by atoms with Crippen molar-refractivity contribution >= 4 is 0 Å². The molecule has 0 atom stereocenters. The van der Waals surface area contributed by atoms with E-state index in [1.165, 1.54) is 0 Å². The van der Waals surface area contributed by atoms with E-state index in [1.54, 1.807) is 6.07 Å². The molecule has 0 fully saturated rings. The molecule has 3 nitrogen and oxygen atoms in total. The SMILES string of the molecule is CNCCc1cc(C(C)(C)C)cc(O)c1O. The number of nitrogens with one attached hydrogen (secondary N) is 1. The largest absolute Gasteiger partial charge is 0.504 e. The van der Waals surface area contributed by atoms with Gasteiger partial charge in [-0.1, -0.05) is 26.8 Å². The Balaban J connectivity index is 3.12. The molecule has 0 aromatic heterocycles. The Hall–Kier alpha value is -1.22. The predicted octanol–water partition coefficient (Wildman–Crippen LogP) is 2.16. The van der Waals surface area contributed by atoms with Crippen molar-refractivity contribution < 1.29 is 10.2 Å². The lowest BCUT2D eigenvalue weighted by atomic mass is 9.85. The Morgan fingerprint density at radius 1 is 1.19 bits per heavy atom. The molecule has 0 aliphatic carbocycles. The van der Waals surface area contributed by atoms with Gasteiger partial charge in [0.15, 0.2) is 11.5 Å². The first-order chi connectivity index (χ1) is 7.36. The van der Waals surface area contributed by atoms with Gasteiger partial charge in [0.2, 0.25) is 0 Å². The Labute approximate surface area is 97.1 Å². The van der Waals surface area contributed by atoms with Crippen LogP contribution in [-0.4, -0.2) is 23.8 Å². The van der Waals surface area contributed by atoms with Crippen molar-refractivity contribution in [3.8, 4) is 11.5 Å². The van der Waals surface area contributed by atoms with Crippen LogP contribution in [0.2, 0.25) is 0 Å². The third kappa shape index (κ3) is 2.89. The summed E-state index contributed by atoms with van der Waals surface area (Å²) in [5.74, 6) is -0.0261. The van der Waals surface area contributed by atoms with Gasteiger partial charge in [0.05, 0.1) is 0 Å². The summed E-state index contributed by atoms with van der Waals surface area (Å²) in [4.78, 5) is 0. The van der Waals surface area contributed by atoms with Gasteiger partial charge < -0.3 is 15.5 Å². The van der Waals surface area contributed by atoms with E-state index in [0.29, 0.717) is 6.42 Å². The van der Waals surface area contributed by atoms with Crippen molar-refractivity contribution in [2.45, 2.75) is 32.6 Å². The van der Waals surface area contributed by atoms with Gasteiger partial charge in [-0.15, -0.1) is 0 Å². The minimum absolute atomic E-state index is 0.00301. The van der Waals surface area contributed by atoms with Crippen LogP contribution in [0, 0.1) is 0 Å². The molecule has 0 aliphatic rings. The summed E-state index contributed by atoms with van der Waals surface area (Å²) in [7, 11) is 1.87. The van der Waals surface area contributed by atoms with E-state index in [0.717, 1.165) is 17.7 Å². The molecular formula is C13H21NO2. The smallest absolute Gasteiger partial charge is 0.160 e. The van der Waals surface area contributed by atoms with Gasteiger partial charge in [-0.3, -0.25) is 0 Å². The van der Waals surface area contributed by atoms with Crippen molar-refractivity contribution in [3.63, 3.8) is 0 Å². The van der Waals surface area contributed by atoms with E-state index in [-0.39, 0.29) is 16.9 Å². The predicted molar refractivity (Wildman–Crippen MR) is 66.1 cm³/mol. The molecule has 1 rings (SSSR count). The molecule has 0 radical (unpaired) electrons. The maximum atomic E-state index is 9.74. The summed E-state index contributed by atoms with van der Waals surface area (Å²) < 4.78 is 0. The van der Waals surface area contributed by atoms with Crippen molar-refractivity contribution in [2.24, 2.45) is 0 Å². The van der Waals surface area contributed by atoms with Crippen LogP contribution in [0.25, 0.3) is 0 Å². The zero-order chi connectivity index (χ0) is 12.3. The molecule has 0 heterocycles. The molecule has 0 bridgehead atoms. The highest BCUT2D eigenvalue weighted by Crippen LogP contribution is 2.35. The minimum atomic E-state index is -0.0291. The number of hydrogen-bond acceptors (Lipinski definition) is 3. The molecule has 90 valence electrons. The average Bonchev–Trinajstić information content (AvgIpc) is 2.18. The van der Waals surface area contributed by atoms with Gasteiger partial charge in [-0.2, -0.15) is 0 Å². The zero-order valence-corrected chi connectivity index (χ0v) is 10.5. The summed E-state index contributed by atoms with van der Waals surface area (Å²) in [6, 6.07) is 3.60. The number of aromatic hydroxyl groups is 2. The standard InChI is InChI=1S/C13H21NO2/c1-13(2,3)10-7-9(5-6-14-4)12(16)11(15)8-10/h7-8,14-16H,5-6H2,1-4H3. The molecule has 3 heteroatoms. The first kappa shape index (κ1) is 12.8. The van der Waals surface area contributed by atoms with Crippen molar-refractivity contribution in [1.29, 1.82) is 0 Å². The summed E-state index contributed by atoms with van der Waals surface area (Å²) in [5, 5.41) is 22.4. The van der Waals surface area contributed by atoms with Gasteiger partial charge in [0, 0.05) is 0 Å². The number of phenolic OH excluding ortho intramolecular Hbond substituents is 2. The molecule has 0 saturated carbocycles. The van der Waals surface area contributed by atoms with Crippen LogP contribution in [0.4, 0.5) is 0 Å². The Kier molecular flexibility index (Phi) is 3.81. The van der Waals surface area contributed by atoms with E-state index < -0.39 is 0 Å². The summed E-state index contributed by atoms with van der Waals surface area (Å²) >= 11 is 0. The van der Waals surface area contributed by atoms with Gasteiger partial charge in [0.25, 0.3) is 0 Å². The van der Waals surface area contributed by atoms with Crippen LogP contribution in [0.5, 0.6) is 11.5 Å². The molecule has 1 aromatic rings. The molecule has 16 heavy (non-hydrogen) atoms. The van der Waals surface area contributed by atoms with Crippen molar-refractivity contribution in [1.82, 2.24) is 5.32 Å². The summed E-state index contributed by atoms with van der Waals surface area (Å²) in [6.07, 6.45) is 0.708. The van der Waals surface area contributed by atoms with Crippen LogP contribution < -0.4 is 5.32 Å². The van der Waals surface area contributed by atoms with Gasteiger partial charge in [-0.25, -0.2) is 0 Å². The Bertz CT molecular complexity index is 367. The topological polar surface area (TPSA) is 52.5 Å². The third-order valence-corrected chi connectivity index (χ3v) is 2.68. The monoisotopic (exact) mass is 223 g/mol. The molecule has 0 spiro atoms. The molecule has 0 aliphatic heterocycles. The zero-order valence-electron chi connectivity index (χ0n) is 10.5. The maximum Gasteiger partial charge on any atom is 0.160 e. The highest BCUT2D eigenvalue weighted by atomic mass is 16.3. The van der Waals surface area contributed by atoms with Gasteiger partial charge in [0.1, 0.15) is 0 Å². The highest BCUT2D eigenvalue weighted by Gasteiger charge is 2.18. The fourth-order valence-electron chi connectivity index (χ4n) is 1.56. The van der Waals surface area contributed by atoms with E-state index in [9.17, 15) is 10.2 Å². The van der Waals surface area contributed by atoms with Crippen LogP contribution in [0.15, 0.2) is 12.1 Å². The fraction of sp³-hybridized carbons (Fsp3) is 0.538. The van der Waals surface area contributed by atoms with Crippen molar-refractivity contribution in [3.05, 3.63) is 23.3 Å². The highest BCUT2D eigenvalue weighted by molar-refractivity contribution is 5.49. The fourth-order valence-corrected chi connectivity index (χ4v) is 1.56. The second kappa shape index (κ2) is 4.74. The molecule has 0 amide bonds. The van der Waals surface area contributed by atoms with Gasteiger partial charge >= 0.3 is 0 Å². The van der Waals surface area contributed by atoms with Crippen LogP contribution >= 0.6 is 0 Å². The normalized spacial score (nSPS) is 11.8. The molecule has 1 aromatic carbocycles.